The van der Waals surface area contributed by atoms with Gasteiger partial charge in [0.25, 0.3) is 0 Å². The van der Waals surface area contributed by atoms with Crippen LogP contribution in [0.15, 0.2) is 12.3 Å². The molecule has 0 amide bonds. The van der Waals surface area contributed by atoms with Crippen molar-refractivity contribution in [2.24, 2.45) is 12.8 Å². The molecular formula is C11H21N3O. The first-order valence-electron chi connectivity index (χ1n) is 5.54. The minimum atomic E-state index is 0.195. The number of aryl methyl sites for hydroxylation is 1. The van der Waals surface area contributed by atoms with Crippen LogP contribution in [-0.2, 0) is 18.2 Å². The number of rotatable bonds is 7. The molecule has 4 heteroatoms. The zero-order chi connectivity index (χ0) is 11.1. The number of aromatic nitrogens is 2. The molecule has 0 radical (unpaired) electrons. The van der Waals surface area contributed by atoms with E-state index >= 15 is 0 Å². The molecule has 15 heavy (non-hydrogen) atoms. The highest BCUT2D eigenvalue weighted by Gasteiger charge is 2.05. The molecule has 0 aliphatic heterocycles. The molecule has 1 rings (SSSR count). The second kappa shape index (κ2) is 6.58. The van der Waals surface area contributed by atoms with Crippen molar-refractivity contribution in [2.75, 3.05) is 13.2 Å². The SMILES string of the molecule is CCOCCCC(N)Cc1ccn(C)n1. The minimum absolute atomic E-state index is 0.195. The predicted octanol–water partition coefficient (Wildman–Crippen LogP) is 1.11. The first kappa shape index (κ1) is 12.2. The van der Waals surface area contributed by atoms with E-state index in [0.29, 0.717) is 0 Å². The summed E-state index contributed by atoms with van der Waals surface area (Å²) in [5, 5.41) is 4.30. The summed E-state index contributed by atoms with van der Waals surface area (Å²) in [5.74, 6) is 0. The lowest BCUT2D eigenvalue weighted by Gasteiger charge is -2.09. The van der Waals surface area contributed by atoms with Gasteiger partial charge in [-0.3, -0.25) is 4.68 Å². The van der Waals surface area contributed by atoms with E-state index in [-0.39, 0.29) is 6.04 Å². The Hall–Kier alpha value is -0.870. The molecular weight excluding hydrogens is 190 g/mol. The highest BCUT2D eigenvalue weighted by molar-refractivity contribution is 5.00. The van der Waals surface area contributed by atoms with Gasteiger partial charge in [-0.1, -0.05) is 0 Å². The van der Waals surface area contributed by atoms with E-state index in [1.165, 1.54) is 0 Å². The quantitative estimate of drug-likeness (QED) is 0.687. The summed E-state index contributed by atoms with van der Waals surface area (Å²) >= 11 is 0. The molecule has 1 aromatic rings. The molecule has 1 aromatic heterocycles. The smallest absolute Gasteiger partial charge is 0.0639 e. The van der Waals surface area contributed by atoms with Gasteiger partial charge in [0, 0.05) is 38.9 Å². The van der Waals surface area contributed by atoms with E-state index in [0.717, 1.165) is 38.2 Å². The number of hydrogen-bond acceptors (Lipinski definition) is 3. The second-order valence-electron chi connectivity index (χ2n) is 3.78. The first-order valence-corrected chi connectivity index (χ1v) is 5.54. The fourth-order valence-corrected chi connectivity index (χ4v) is 1.53. The largest absolute Gasteiger partial charge is 0.382 e. The molecule has 1 atom stereocenters. The number of hydrogen-bond donors (Lipinski definition) is 1. The van der Waals surface area contributed by atoms with Crippen LogP contribution in [0.25, 0.3) is 0 Å². The Morgan fingerprint density at radius 1 is 1.60 bits per heavy atom. The van der Waals surface area contributed by atoms with E-state index in [2.05, 4.69) is 5.10 Å². The molecule has 86 valence electrons. The second-order valence-corrected chi connectivity index (χ2v) is 3.78. The maximum Gasteiger partial charge on any atom is 0.0639 e. The van der Waals surface area contributed by atoms with E-state index < -0.39 is 0 Å². The normalized spacial score (nSPS) is 13.0. The van der Waals surface area contributed by atoms with E-state index in [1.807, 2.05) is 30.9 Å². The van der Waals surface area contributed by atoms with Crippen molar-refractivity contribution in [3.63, 3.8) is 0 Å². The molecule has 0 aliphatic carbocycles. The average Bonchev–Trinajstić information content (AvgIpc) is 2.59. The average molecular weight is 211 g/mol. The highest BCUT2D eigenvalue weighted by Crippen LogP contribution is 2.03. The van der Waals surface area contributed by atoms with Crippen molar-refractivity contribution < 1.29 is 4.74 Å². The maximum atomic E-state index is 5.99. The highest BCUT2D eigenvalue weighted by atomic mass is 16.5. The molecule has 0 aliphatic rings. The fourth-order valence-electron chi connectivity index (χ4n) is 1.53. The van der Waals surface area contributed by atoms with Crippen molar-refractivity contribution in [3.05, 3.63) is 18.0 Å². The van der Waals surface area contributed by atoms with Crippen LogP contribution in [0, 0.1) is 0 Å². The van der Waals surface area contributed by atoms with Gasteiger partial charge >= 0.3 is 0 Å². The van der Waals surface area contributed by atoms with Crippen molar-refractivity contribution >= 4 is 0 Å². The molecule has 2 N–H and O–H groups in total. The zero-order valence-corrected chi connectivity index (χ0v) is 9.65. The lowest BCUT2D eigenvalue weighted by atomic mass is 10.1. The molecule has 0 saturated carbocycles. The fraction of sp³-hybridized carbons (Fsp3) is 0.727. The summed E-state index contributed by atoms with van der Waals surface area (Å²) < 4.78 is 7.07. The van der Waals surface area contributed by atoms with E-state index in [4.69, 9.17) is 10.5 Å². The molecule has 0 fully saturated rings. The Labute approximate surface area is 91.4 Å². The van der Waals surface area contributed by atoms with Crippen LogP contribution in [0.2, 0.25) is 0 Å². The third-order valence-electron chi connectivity index (χ3n) is 2.31. The van der Waals surface area contributed by atoms with Gasteiger partial charge in [-0.15, -0.1) is 0 Å². The Balaban J connectivity index is 2.15. The molecule has 1 unspecified atom stereocenters. The van der Waals surface area contributed by atoms with Gasteiger partial charge in [0.1, 0.15) is 0 Å². The molecule has 0 spiro atoms. The third kappa shape index (κ3) is 4.95. The summed E-state index contributed by atoms with van der Waals surface area (Å²) in [7, 11) is 1.92. The first-order chi connectivity index (χ1) is 7.22. The van der Waals surface area contributed by atoms with Crippen LogP contribution in [-0.4, -0.2) is 29.0 Å². The molecule has 1 heterocycles. The zero-order valence-electron chi connectivity index (χ0n) is 9.65. The summed E-state index contributed by atoms with van der Waals surface area (Å²) in [4.78, 5) is 0. The van der Waals surface area contributed by atoms with Gasteiger partial charge in [0.05, 0.1) is 5.69 Å². The van der Waals surface area contributed by atoms with E-state index in [1.54, 1.807) is 0 Å². The van der Waals surface area contributed by atoms with Crippen molar-refractivity contribution in [2.45, 2.75) is 32.2 Å². The summed E-state index contributed by atoms with van der Waals surface area (Å²) in [5.41, 5.74) is 7.06. The van der Waals surface area contributed by atoms with Gasteiger partial charge < -0.3 is 10.5 Å². The van der Waals surface area contributed by atoms with Crippen molar-refractivity contribution in [3.8, 4) is 0 Å². The Morgan fingerprint density at radius 2 is 2.40 bits per heavy atom. The monoisotopic (exact) mass is 211 g/mol. The molecule has 0 aromatic carbocycles. The van der Waals surface area contributed by atoms with Crippen LogP contribution in [0.1, 0.15) is 25.5 Å². The van der Waals surface area contributed by atoms with Crippen molar-refractivity contribution in [1.29, 1.82) is 0 Å². The number of ether oxygens (including phenoxy) is 1. The van der Waals surface area contributed by atoms with Gasteiger partial charge in [0.2, 0.25) is 0 Å². The third-order valence-corrected chi connectivity index (χ3v) is 2.31. The molecule has 4 nitrogen and oxygen atoms in total. The topological polar surface area (TPSA) is 53.1 Å². The lowest BCUT2D eigenvalue weighted by Crippen LogP contribution is -2.23. The Bertz CT molecular complexity index is 273. The number of nitrogens with zero attached hydrogens (tertiary/aromatic N) is 2. The van der Waals surface area contributed by atoms with Gasteiger partial charge in [-0.2, -0.15) is 5.10 Å². The van der Waals surface area contributed by atoms with Gasteiger partial charge in [-0.25, -0.2) is 0 Å². The Morgan fingerprint density at radius 3 is 3.00 bits per heavy atom. The van der Waals surface area contributed by atoms with Crippen LogP contribution >= 0.6 is 0 Å². The van der Waals surface area contributed by atoms with Gasteiger partial charge in [0.15, 0.2) is 0 Å². The minimum Gasteiger partial charge on any atom is -0.382 e. The van der Waals surface area contributed by atoms with Crippen LogP contribution < -0.4 is 5.73 Å². The van der Waals surface area contributed by atoms with Crippen LogP contribution in [0.5, 0.6) is 0 Å². The molecule has 0 bridgehead atoms. The number of nitrogens with two attached hydrogens (primary N) is 1. The Kier molecular flexibility index (Phi) is 5.36. The van der Waals surface area contributed by atoms with Crippen LogP contribution in [0.3, 0.4) is 0 Å². The summed E-state index contributed by atoms with van der Waals surface area (Å²) in [6.45, 7) is 3.61. The standard InChI is InChI=1S/C11H21N3O/c1-3-15-8-4-5-10(12)9-11-6-7-14(2)13-11/h6-7,10H,3-5,8-9,12H2,1-2H3. The summed E-state index contributed by atoms with van der Waals surface area (Å²) in [6.07, 6.45) is 4.83. The molecule has 0 saturated heterocycles. The predicted molar refractivity (Wildman–Crippen MR) is 60.6 cm³/mol. The van der Waals surface area contributed by atoms with E-state index in [9.17, 15) is 0 Å². The maximum absolute atomic E-state index is 5.99. The lowest BCUT2D eigenvalue weighted by molar-refractivity contribution is 0.142. The summed E-state index contributed by atoms with van der Waals surface area (Å²) in [6, 6.07) is 2.21. The van der Waals surface area contributed by atoms with Crippen molar-refractivity contribution in [1.82, 2.24) is 9.78 Å². The van der Waals surface area contributed by atoms with Gasteiger partial charge in [-0.05, 0) is 25.8 Å². The van der Waals surface area contributed by atoms with Crippen LogP contribution in [0.4, 0.5) is 0 Å².